The second kappa shape index (κ2) is 6.76. The number of non-ortho nitro benzene ring substituents is 1. The number of nitrogens with one attached hydrogen (secondary N) is 1. The molecule has 3 rings (SSSR count). The van der Waals surface area contributed by atoms with Crippen LogP contribution in [0.4, 0.5) is 5.69 Å². The van der Waals surface area contributed by atoms with Crippen molar-refractivity contribution < 1.29 is 19.2 Å². The molecule has 2 aromatic carbocycles. The number of amides is 1. The minimum atomic E-state index is -0.581. The highest BCUT2D eigenvalue weighted by Gasteiger charge is 2.22. The van der Waals surface area contributed by atoms with Gasteiger partial charge in [0, 0.05) is 12.1 Å². The lowest BCUT2D eigenvalue weighted by molar-refractivity contribution is -0.384. The standard InChI is InChI=1S/C16H13ClN2O5/c17-13-6-5-10(19(21)22)7-12(13)16(20)18-8-11-9-23-14-3-1-2-4-15(14)24-11/h1-7,11H,8-9H2,(H,18,20). The van der Waals surface area contributed by atoms with Crippen LogP contribution in [0.3, 0.4) is 0 Å². The molecule has 0 aliphatic carbocycles. The van der Waals surface area contributed by atoms with Crippen molar-refractivity contribution in [2.24, 2.45) is 0 Å². The first kappa shape index (κ1) is 16.1. The molecule has 1 N–H and O–H groups in total. The van der Waals surface area contributed by atoms with Crippen molar-refractivity contribution in [2.75, 3.05) is 13.2 Å². The predicted octanol–water partition coefficient (Wildman–Crippen LogP) is 2.82. The van der Waals surface area contributed by atoms with Crippen molar-refractivity contribution in [3.8, 4) is 11.5 Å². The van der Waals surface area contributed by atoms with Crippen LogP contribution in [0.15, 0.2) is 42.5 Å². The summed E-state index contributed by atoms with van der Waals surface area (Å²) in [6.45, 7) is 0.478. The number of rotatable bonds is 4. The van der Waals surface area contributed by atoms with Gasteiger partial charge in [0.2, 0.25) is 0 Å². The highest BCUT2D eigenvalue weighted by atomic mass is 35.5. The molecule has 0 saturated carbocycles. The van der Waals surface area contributed by atoms with Gasteiger partial charge >= 0.3 is 0 Å². The number of nitro benzene ring substituents is 1. The number of hydrogen-bond donors (Lipinski definition) is 1. The fourth-order valence-corrected chi connectivity index (χ4v) is 2.47. The Hall–Kier alpha value is -2.80. The van der Waals surface area contributed by atoms with E-state index in [4.69, 9.17) is 21.1 Å². The summed E-state index contributed by atoms with van der Waals surface area (Å²) in [5.41, 5.74) is -0.154. The lowest BCUT2D eigenvalue weighted by Crippen LogP contribution is -2.40. The maximum atomic E-state index is 12.2. The largest absolute Gasteiger partial charge is 0.486 e. The lowest BCUT2D eigenvalue weighted by atomic mass is 10.2. The highest BCUT2D eigenvalue weighted by molar-refractivity contribution is 6.33. The number of nitrogens with zero attached hydrogens (tertiary/aromatic N) is 1. The van der Waals surface area contributed by atoms with Crippen LogP contribution in [-0.4, -0.2) is 30.1 Å². The van der Waals surface area contributed by atoms with Crippen LogP contribution in [0.2, 0.25) is 5.02 Å². The summed E-state index contributed by atoms with van der Waals surface area (Å²) in [4.78, 5) is 22.4. The third-order valence-corrected chi connectivity index (χ3v) is 3.79. The van der Waals surface area contributed by atoms with Crippen molar-refractivity contribution in [1.82, 2.24) is 5.32 Å². The summed E-state index contributed by atoms with van der Waals surface area (Å²) >= 11 is 5.94. The third-order valence-electron chi connectivity index (χ3n) is 3.46. The molecular weight excluding hydrogens is 336 g/mol. The van der Waals surface area contributed by atoms with Gasteiger partial charge in [-0.15, -0.1) is 0 Å². The van der Waals surface area contributed by atoms with Crippen molar-refractivity contribution in [2.45, 2.75) is 6.10 Å². The first-order valence-corrected chi connectivity index (χ1v) is 7.53. The van der Waals surface area contributed by atoms with Crippen LogP contribution in [0.5, 0.6) is 11.5 Å². The monoisotopic (exact) mass is 348 g/mol. The fourth-order valence-electron chi connectivity index (χ4n) is 2.27. The number of hydrogen-bond acceptors (Lipinski definition) is 5. The normalized spacial score (nSPS) is 15.6. The molecule has 0 aromatic heterocycles. The highest BCUT2D eigenvalue weighted by Crippen LogP contribution is 2.30. The van der Waals surface area contributed by atoms with E-state index in [9.17, 15) is 14.9 Å². The number of halogens is 1. The molecule has 0 fully saturated rings. The SMILES string of the molecule is O=C(NCC1COc2ccccc2O1)c1cc([N+](=O)[O-])ccc1Cl. The molecule has 0 saturated heterocycles. The first-order chi connectivity index (χ1) is 11.5. The number of ether oxygens (including phenoxy) is 2. The summed E-state index contributed by atoms with van der Waals surface area (Å²) in [7, 11) is 0. The summed E-state index contributed by atoms with van der Waals surface area (Å²) in [6, 6.07) is 11.0. The molecule has 1 aliphatic heterocycles. The summed E-state index contributed by atoms with van der Waals surface area (Å²) < 4.78 is 11.3. The van der Waals surface area contributed by atoms with E-state index in [1.54, 1.807) is 12.1 Å². The molecular formula is C16H13ClN2O5. The Kier molecular flexibility index (Phi) is 4.52. The molecule has 1 aliphatic rings. The van der Waals surface area contributed by atoms with Crippen LogP contribution in [0.25, 0.3) is 0 Å². The maximum absolute atomic E-state index is 12.2. The molecule has 7 nitrogen and oxygen atoms in total. The number of fused-ring (bicyclic) bond motifs is 1. The number of nitro groups is 1. The number of benzene rings is 2. The number of carbonyl (C=O) groups is 1. The molecule has 1 heterocycles. The quantitative estimate of drug-likeness (QED) is 0.677. The van der Waals surface area contributed by atoms with E-state index in [-0.39, 0.29) is 28.9 Å². The number of carbonyl (C=O) groups excluding carboxylic acids is 1. The van der Waals surface area contributed by atoms with E-state index >= 15 is 0 Å². The van der Waals surface area contributed by atoms with Gasteiger partial charge in [-0.25, -0.2) is 0 Å². The third kappa shape index (κ3) is 3.41. The Morgan fingerprint density at radius 2 is 2.04 bits per heavy atom. The van der Waals surface area contributed by atoms with Crippen LogP contribution in [0, 0.1) is 10.1 Å². The first-order valence-electron chi connectivity index (χ1n) is 7.15. The van der Waals surface area contributed by atoms with Gasteiger partial charge in [0.25, 0.3) is 11.6 Å². The van der Waals surface area contributed by atoms with Gasteiger partial charge in [-0.1, -0.05) is 23.7 Å². The molecule has 1 atom stereocenters. The molecule has 1 unspecified atom stereocenters. The van der Waals surface area contributed by atoms with Gasteiger partial charge in [0.05, 0.1) is 22.1 Å². The summed E-state index contributed by atoms with van der Waals surface area (Å²) in [6.07, 6.45) is -0.360. The van der Waals surface area contributed by atoms with Crippen LogP contribution < -0.4 is 14.8 Å². The second-order valence-electron chi connectivity index (χ2n) is 5.13. The molecule has 124 valence electrons. The maximum Gasteiger partial charge on any atom is 0.270 e. The van der Waals surface area contributed by atoms with Crippen LogP contribution >= 0.6 is 11.6 Å². The van der Waals surface area contributed by atoms with E-state index < -0.39 is 10.8 Å². The average molecular weight is 349 g/mol. The van der Waals surface area contributed by atoms with Gasteiger partial charge in [-0.05, 0) is 18.2 Å². The zero-order valence-electron chi connectivity index (χ0n) is 12.4. The summed E-state index contributed by atoms with van der Waals surface area (Å²) in [5.74, 6) is 0.754. The molecule has 8 heteroatoms. The van der Waals surface area contributed by atoms with E-state index in [2.05, 4.69) is 5.32 Å². The lowest BCUT2D eigenvalue weighted by Gasteiger charge is -2.26. The van der Waals surface area contributed by atoms with E-state index in [0.29, 0.717) is 18.1 Å². The van der Waals surface area contributed by atoms with Crippen molar-refractivity contribution in [1.29, 1.82) is 0 Å². The molecule has 0 radical (unpaired) electrons. The Morgan fingerprint density at radius 1 is 1.29 bits per heavy atom. The smallest absolute Gasteiger partial charge is 0.270 e. The fraction of sp³-hybridized carbons (Fsp3) is 0.188. The second-order valence-corrected chi connectivity index (χ2v) is 5.54. The van der Waals surface area contributed by atoms with Gasteiger partial charge in [0.1, 0.15) is 12.7 Å². The molecule has 0 spiro atoms. The zero-order valence-corrected chi connectivity index (χ0v) is 13.2. The molecule has 0 bridgehead atoms. The van der Waals surface area contributed by atoms with Crippen molar-refractivity contribution in [3.05, 3.63) is 63.2 Å². The van der Waals surface area contributed by atoms with E-state index in [0.717, 1.165) is 6.07 Å². The van der Waals surface area contributed by atoms with Gasteiger partial charge in [-0.2, -0.15) is 0 Å². The van der Waals surface area contributed by atoms with Crippen molar-refractivity contribution >= 4 is 23.2 Å². The average Bonchev–Trinajstić information content (AvgIpc) is 2.59. The van der Waals surface area contributed by atoms with Gasteiger partial charge in [-0.3, -0.25) is 14.9 Å². The van der Waals surface area contributed by atoms with Gasteiger partial charge < -0.3 is 14.8 Å². The molecule has 24 heavy (non-hydrogen) atoms. The number of para-hydroxylation sites is 2. The summed E-state index contributed by atoms with van der Waals surface area (Å²) in [5, 5.41) is 13.6. The Labute approximate surface area is 142 Å². The van der Waals surface area contributed by atoms with Gasteiger partial charge in [0.15, 0.2) is 11.5 Å². The Bertz CT molecular complexity index is 796. The minimum absolute atomic E-state index is 0.0444. The Balaban J connectivity index is 1.64. The van der Waals surface area contributed by atoms with Crippen LogP contribution in [0.1, 0.15) is 10.4 Å². The zero-order chi connectivity index (χ0) is 17.1. The molecule has 1 amide bonds. The van der Waals surface area contributed by atoms with E-state index in [1.807, 2.05) is 12.1 Å². The predicted molar refractivity (Wildman–Crippen MR) is 86.8 cm³/mol. The van der Waals surface area contributed by atoms with Crippen molar-refractivity contribution in [3.63, 3.8) is 0 Å². The minimum Gasteiger partial charge on any atom is -0.486 e. The topological polar surface area (TPSA) is 90.7 Å². The Morgan fingerprint density at radius 3 is 2.79 bits per heavy atom. The van der Waals surface area contributed by atoms with E-state index in [1.165, 1.54) is 12.1 Å². The van der Waals surface area contributed by atoms with Crippen LogP contribution in [-0.2, 0) is 0 Å². The molecule has 2 aromatic rings.